The van der Waals surface area contributed by atoms with Gasteiger partial charge in [0.15, 0.2) is 0 Å². The molecule has 8 nitrogen and oxygen atoms in total. The van der Waals surface area contributed by atoms with Crippen molar-refractivity contribution in [2.24, 2.45) is 5.84 Å². The fraction of sp³-hybridized carbons (Fsp3) is 0.600. The minimum absolute atomic E-state index is 0.0996. The number of nitrogens with one attached hydrogen (secondary N) is 2. The molecular weight excluding hydrogens is 300 g/mol. The Morgan fingerprint density at radius 1 is 1.50 bits per heavy atom. The van der Waals surface area contributed by atoms with Gasteiger partial charge in [-0.3, -0.25) is 15.5 Å². The molecule has 0 aliphatic carbocycles. The highest BCUT2D eigenvalue weighted by atomic mass is 32.2. The molecule has 0 saturated carbocycles. The molecule has 1 aromatic rings. The van der Waals surface area contributed by atoms with Gasteiger partial charge >= 0.3 is 5.69 Å². The molecule has 110 valence electrons. The van der Waals surface area contributed by atoms with Crippen molar-refractivity contribution in [3.63, 3.8) is 0 Å². The van der Waals surface area contributed by atoms with E-state index in [2.05, 4.69) is 20.7 Å². The van der Waals surface area contributed by atoms with Gasteiger partial charge in [-0.25, -0.2) is 10.8 Å². The van der Waals surface area contributed by atoms with Gasteiger partial charge in [-0.15, -0.1) is 0 Å². The molecule has 0 bridgehead atoms. The highest BCUT2D eigenvalue weighted by molar-refractivity contribution is 8.06. The smallest absolute Gasteiger partial charge is 0.332 e. The first-order valence-corrected chi connectivity index (χ1v) is 8.25. The van der Waals surface area contributed by atoms with Gasteiger partial charge in [0.25, 0.3) is 0 Å². The van der Waals surface area contributed by atoms with Crippen LogP contribution >= 0.6 is 23.5 Å². The summed E-state index contributed by atoms with van der Waals surface area (Å²) >= 11 is 3.77. The third-order valence-electron chi connectivity index (χ3n) is 2.75. The van der Waals surface area contributed by atoms with Crippen LogP contribution in [0.4, 0.5) is 17.5 Å². The van der Waals surface area contributed by atoms with Crippen molar-refractivity contribution in [1.29, 1.82) is 0 Å². The largest absolute Gasteiger partial charge is 0.363 e. The predicted molar refractivity (Wildman–Crippen MR) is 83.3 cm³/mol. The van der Waals surface area contributed by atoms with Crippen LogP contribution < -0.4 is 16.6 Å². The number of rotatable bonds is 5. The predicted octanol–water partition coefficient (Wildman–Crippen LogP) is 1.24. The van der Waals surface area contributed by atoms with Crippen LogP contribution in [0.25, 0.3) is 0 Å². The molecule has 1 atom stereocenters. The number of aryl methyl sites for hydroxylation is 1. The van der Waals surface area contributed by atoms with Crippen LogP contribution in [-0.4, -0.2) is 43.9 Å². The Hall–Kier alpha value is -1.26. The number of nitrogen functional groups attached to an aromatic ring is 1. The average molecular weight is 316 g/mol. The van der Waals surface area contributed by atoms with Crippen LogP contribution in [-0.2, 0) is 0 Å². The zero-order chi connectivity index (χ0) is 14.5. The molecule has 1 saturated heterocycles. The summed E-state index contributed by atoms with van der Waals surface area (Å²) < 4.78 is 0. The van der Waals surface area contributed by atoms with Gasteiger partial charge in [0.2, 0.25) is 11.8 Å². The zero-order valence-electron chi connectivity index (χ0n) is 11.0. The van der Waals surface area contributed by atoms with Crippen LogP contribution in [0.2, 0.25) is 0 Å². The SMILES string of the molecule is Cc1nc(NN)nc(NCC2CSCCS2)c1[N+](=O)[O-]. The van der Waals surface area contributed by atoms with Crippen LogP contribution in [0.3, 0.4) is 0 Å². The van der Waals surface area contributed by atoms with Crippen LogP contribution in [0.1, 0.15) is 5.69 Å². The summed E-state index contributed by atoms with van der Waals surface area (Å²) in [5, 5.41) is 14.6. The number of hydrogen-bond donors (Lipinski definition) is 3. The Labute approximate surface area is 124 Å². The maximum absolute atomic E-state index is 11.1. The Balaban J connectivity index is 2.15. The molecule has 0 aromatic carbocycles. The monoisotopic (exact) mass is 316 g/mol. The van der Waals surface area contributed by atoms with Gasteiger partial charge in [0, 0.05) is 29.1 Å². The maximum atomic E-state index is 11.1. The topological polar surface area (TPSA) is 119 Å². The van der Waals surface area contributed by atoms with Crippen LogP contribution in [0, 0.1) is 17.0 Å². The first-order chi connectivity index (χ1) is 9.61. The van der Waals surface area contributed by atoms with E-state index in [0.717, 1.165) is 17.3 Å². The summed E-state index contributed by atoms with van der Waals surface area (Å²) in [4.78, 5) is 18.6. The first kappa shape index (κ1) is 15.1. The number of aromatic nitrogens is 2. The quantitative estimate of drug-likeness (QED) is 0.418. The van der Waals surface area contributed by atoms with Gasteiger partial charge in [-0.05, 0) is 6.92 Å². The van der Waals surface area contributed by atoms with E-state index in [-0.39, 0.29) is 23.1 Å². The van der Waals surface area contributed by atoms with Crippen molar-refractivity contribution in [3.8, 4) is 0 Å². The normalized spacial score (nSPS) is 18.6. The minimum atomic E-state index is -0.472. The maximum Gasteiger partial charge on any atom is 0.332 e. The van der Waals surface area contributed by atoms with E-state index < -0.39 is 4.92 Å². The summed E-state index contributed by atoms with van der Waals surface area (Å²) in [7, 11) is 0. The Morgan fingerprint density at radius 3 is 2.90 bits per heavy atom. The lowest BCUT2D eigenvalue weighted by Crippen LogP contribution is -2.24. The minimum Gasteiger partial charge on any atom is -0.363 e. The fourth-order valence-electron chi connectivity index (χ4n) is 1.84. The van der Waals surface area contributed by atoms with Gasteiger partial charge < -0.3 is 5.32 Å². The third kappa shape index (κ3) is 3.64. The molecule has 10 heteroatoms. The molecular formula is C10H16N6O2S2. The molecule has 0 amide bonds. The molecule has 1 aliphatic rings. The summed E-state index contributed by atoms with van der Waals surface area (Å²) in [6.45, 7) is 2.20. The number of thioether (sulfide) groups is 2. The highest BCUT2D eigenvalue weighted by Crippen LogP contribution is 2.28. The van der Waals surface area contributed by atoms with Crippen molar-refractivity contribution in [1.82, 2.24) is 9.97 Å². The average Bonchev–Trinajstić information content (AvgIpc) is 2.45. The van der Waals surface area contributed by atoms with Gasteiger partial charge in [0.05, 0.1) is 4.92 Å². The second-order valence-electron chi connectivity index (χ2n) is 4.18. The summed E-state index contributed by atoms with van der Waals surface area (Å²) in [6.07, 6.45) is 0. The second kappa shape index (κ2) is 6.95. The van der Waals surface area contributed by atoms with E-state index in [9.17, 15) is 10.1 Å². The lowest BCUT2D eigenvalue weighted by molar-refractivity contribution is -0.385. The number of nitro groups is 1. The van der Waals surface area contributed by atoms with Gasteiger partial charge in [-0.1, -0.05) is 0 Å². The first-order valence-electron chi connectivity index (χ1n) is 6.04. The summed E-state index contributed by atoms with van der Waals surface area (Å²) in [5.41, 5.74) is 2.50. The van der Waals surface area contributed by atoms with E-state index in [1.165, 1.54) is 0 Å². The Bertz CT molecular complexity index is 495. The number of hydrazine groups is 1. The molecule has 2 rings (SSSR count). The number of anilines is 2. The highest BCUT2D eigenvalue weighted by Gasteiger charge is 2.23. The van der Waals surface area contributed by atoms with Crippen molar-refractivity contribution in [2.45, 2.75) is 12.2 Å². The molecule has 0 spiro atoms. The van der Waals surface area contributed by atoms with Gasteiger partial charge in [0.1, 0.15) is 5.69 Å². The van der Waals surface area contributed by atoms with E-state index in [4.69, 9.17) is 5.84 Å². The molecule has 1 aliphatic heterocycles. The van der Waals surface area contributed by atoms with Crippen molar-refractivity contribution >= 4 is 41.0 Å². The molecule has 4 N–H and O–H groups in total. The lowest BCUT2D eigenvalue weighted by atomic mass is 10.3. The number of nitrogens with two attached hydrogens (primary N) is 1. The van der Waals surface area contributed by atoms with Crippen molar-refractivity contribution in [2.75, 3.05) is 34.5 Å². The fourth-order valence-corrected chi connectivity index (χ4v) is 4.45. The second-order valence-corrected chi connectivity index (χ2v) is 6.74. The molecule has 1 aromatic heterocycles. The van der Waals surface area contributed by atoms with Crippen LogP contribution in [0.5, 0.6) is 0 Å². The Kier molecular flexibility index (Phi) is 5.26. The molecule has 1 unspecified atom stereocenters. The van der Waals surface area contributed by atoms with E-state index in [0.29, 0.717) is 11.8 Å². The van der Waals surface area contributed by atoms with E-state index in [1.807, 2.05) is 23.5 Å². The summed E-state index contributed by atoms with van der Waals surface area (Å²) in [6, 6.07) is 0. The molecule has 2 heterocycles. The lowest BCUT2D eigenvalue weighted by Gasteiger charge is -2.21. The van der Waals surface area contributed by atoms with E-state index in [1.54, 1.807) is 6.92 Å². The molecule has 20 heavy (non-hydrogen) atoms. The van der Waals surface area contributed by atoms with Gasteiger partial charge in [-0.2, -0.15) is 28.5 Å². The van der Waals surface area contributed by atoms with Crippen molar-refractivity contribution in [3.05, 3.63) is 15.8 Å². The number of nitrogens with zero attached hydrogens (tertiary/aromatic N) is 3. The van der Waals surface area contributed by atoms with Crippen molar-refractivity contribution < 1.29 is 4.92 Å². The molecule has 1 fully saturated rings. The van der Waals surface area contributed by atoms with Crippen LogP contribution in [0.15, 0.2) is 0 Å². The summed E-state index contributed by atoms with van der Waals surface area (Å²) in [5.74, 6) is 8.96. The zero-order valence-corrected chi connectivity index (χ0v) is 12.6. The van der Waals surface area contributed by atoms with E-state index >= 15 is 0 Å². The molecule has 0 radical (unpaired) electrons. The third-order valence-corrected chi connectivity index (χ3v) is 5.60. The standard InChI is InChI=1S/C10H16N6O2S2/c1-6-8(16(17)18)9(14-10(13-6)15-11)12-4-7-5-19-2-3-20-7/h7H,2-5,11H2,1H3,(H2,12,13,14,15). The number of hydrogen-bond acceptors (Lipinski definition) is 9. The Morgan fingerprint density at radius 2 is 2.30 bits per heavy atom.